The molecule has 0 amide bonds. The maximum absolute atomic E-state index is 13.8. The second-order valence-corrected chi connectivity index (χ2v) is 4.48. The lowest BCUT2D eigenvalue weighted by molar-refractivity contribution is 0.0649. The van der Waals surface area contributed by atoms with E-state index in [1.165, 1.54) is 0 Å². The van der Waals surface area contributed by atoms with Crippen LogP contribution < -0.4 is 5.32 Å². The average Bonchev–Trinajstić information content (AvgIpc) is 2.74. The molecule has 0 aliphatic carbocycles. The number of hydrogen-bond donors (Lipinski definition) is 1. The minimum atomic E-state index is -0.723. The molecular weight excluding hydrogens is 195 g/mol. The number of nitrogens with one attached hydrogen (secondary N) is 1. The van der Waals surface area contributed by atoms with Crippen LogP contribution in [0.2, 0.25) is 0 Å². The molecule has 1 N–H and O–H groups in total. The van der Waals surface area contributed by atoms with E-state index in [1.54, 1.807) is 0 Å². The first-order valence-corrected chi connectivity index (χ1v) is 6.00. The van der Waals surface area contributed by atoms with Crippen molar-refractivity contribution in [3.63, 3.8) is 0 Å². The molecule has 0 spiro atoms. The Balaban J connectivity index is 1.81. The Kier molecular flexibility index (Phi) is 3.94. The summed E-state index contributed by atoms with van der Waals surface area (Å²) in [7, 11) is 0. The van der Waals surface area contributed by atoms with E-state index in [0.29, 0.717) is 12.6 Å². The van der Waals surface area contributed by atoms with Gasteiger partial charge in [0.25, 0.3) is 0 Å². The van der Waals surface area contributed by atoms with Gasteiger partial charge in [-0.25, -0.2) is 4.39 Å². The summed E-state index contributed by atoms with van der Waals surface area (Å²) in [6, 6.07) is 0.527. The van der Waals surface area contributed by atoms with Crippen LogP contribution in [0.1, 0.15) is 19.8 Å². The van der Waals surface area contributed by atoms with E-state index in [0.717, 1.165) is 39.1 Å². The molecule has 15 heavy (non-hydrogen) atoms. The second kappa shape index (κ2) is 5.23. The van der Waals surface area contributed by atoms with Gasteiger partial charge in [0.05, 0.1) is 6.61 Å². The molecule has 0 aromatic rings. The zero-order chi connectivity index (χ0) is 10.7. The van der Waals surface area contributed by atoms with Crippen molar-refractivity contribution in [3.8, 4) is 0 Å². The van der Waals surface area contributed by atoms with Crippen LogP contribution in [0.4, 0.5) is 4.39 Å². The quantitative estimate of drug-likeness (QED) is 0.755. The van der Waals surface area contributed by atoms with E-state index in [1.807, 2.05) is 6.92 Å². The minimum Gasteiger partial charge on any atom is -0.380 e. The molecule has 3 atom stereocenters. The zero-order valence-corrected chi connectivity index (χ0v) is 9.42. The Bertz CT molecular complexity index is 197. The summed E-state index contributed by atoms with van der Waals surface area (Å²) in [5, 5.41) is 3.21. The van der Waals surface area contributed by atoms with Crippen molar-refractivity contribution >= 4 is 0 Å². The van der Waals surface area contributed by atoms with Crippen molar-refractivity contribution in [1.82, 2.24) is 10.2 Å². The first-order valence-electron chi connectivity index (χ1n) is 6.00. The van der Waals surface area contributed by atoms with Gasteiger partial charge >= 0.3 is 0 Å². The summed E-state index contributed by atoms with van der Waals surface area (Å²) in [6.07, 6.45) is 1.27. The van der Waals surface area contributed by atoms with Gasteiger partial charge in [0, 0.05) is 31.8 Å². The molecule has 3 nitrogen and oxygen atoms in total. The topological polar surface area (TPSA) is 24.5 Å². The molecule has 2 fully saturated rings. The Morgan fingerprint density at radius 1 is 1.47 bits per heavy atom. The Morgan fingerprint density at radius 2 is 2.33 bits per heavy atom. The highest BCUT2D eigenvalue weighted by molar-refractivity contribution is 4.88. The standard InChI is InChI=1S/C11H21FN2O/c1-2-13-11-3-5-14(7-10(11)12)9-4-6-15-8-9/h9-11,13H,2-8H2,1H3. The second-order valence-electron chi connectivity index (χ2n) is 4.48. The summed E-state index contributed by atoms with van der Waals surface area (Å²) in [6.45, 7) is 6.10. The smallest absolute Gasteiger partial charge is 0.128 e. The number of hydrogen-bond acceptors (Lipinski definition) is 3. The summed E-state index contributed by atoms with van der Waals surface area (Å²) < 4.78 is 19.1. The predicted octanol–water partition coefficient (Wildman–Crippen LogP) is 0.797. The fraction of sp³-hybridized carbons (Fsp3) is 1.00. The SMILES string of the molecule is CCNC1CCN(C2CCOC2)CC1F. The number of likely N-dealkylation sites (tertiary alicyclic amines) is 1. The van der Waals surface area contributed by atoms with E-state index >= 15 is 0 Å². The largest absolute Gasteiger partial charge is 0.380 e. The van der Waals surface area contributed by atoms with E-state index in [2.05, 4.69) is 10.2 Å². The number of nitrogens with zero attached hydrogens (tertiary/aromatic N) is 1. The summed E-state index contributed by atoms with van der Waals surface area (Å²) in [4.78, 5) is 2.26. The lowest BCUT2D eigenvalue weighted by Crippen LogP contribution is -2.53. The van der Waals surface area contributed by atoms with Crippen molar-refractivity contribution in [2.24, 2.45) is 0 Å². The third kappa shape index (κ3) is 2.68. The van der Waals surface area contributed by atoms with Crippen LogP contribution in [0.3, 0.4) is 0 Å². The van der Waals surface area contributed by atoms with Crippen LogP contribution in [0.5, 0.6) is 0 Å². The number of rotatable bonds is 3. The molecular formula is C11H21FN2O. The molecule has 2 rings (SSSR count). The first kappa shape index (κ1) is 11.3. The van der Waals surface area contributed by atoms with Crippen molar-refractivity contribution in [3.05, 3.63) is 0 Å². The molecule has 2 saturated heterocycles. The maximum Gasteiger partial charge on any atom is 0.128 e. The van der Waals surface area contributed by atoms with Crippen LogP contribution >= 0.6 is 0 Å². The molecule has 0 saturated carbocycles. The van der Waals surface area contributed by atoms with Crippen molar-refractivity contribution < 1.29 is 9.13 Å². The van der Waals surface area contributed by atoms with Gasteiger partial charge in [0.15, 0.2) is 0 Å². The molecule has 2 aliphatic rings. The molecule has 0 aromatic carbocycles. The van der Waals surface area contributed by atoms with E-state index in [-0.39, 0.29) is 6.04 Å². The lowest BCUT2D eigenvalue weighted by Gasteiger charge is -2.37. The van der Waals surface area contributed by atoms with E-state index < -0.39 is 6.17 Å². The van der Waals surface area contributed by atoms with Crippen molar-refractivity contribution in [1.29, 1.82) is 0 Å². The molecule has 3 unspecified atom stereocenters. The van der Waals surface area contributed by atoms with Crippen molar-refractivity contribution in [2.45, 2.75) is 38.0 Å². The molecule has 0 radical (unpaired) electrons. The van der Waals surface area contributed by atoms with E-state index in [4.69, 9.17) is 4.74 Å². The fourth-order valence-corrected chi connectivity index (χ4v) is 2.56. The van der Waals surface area contributed by atoms with Crippen LogP contribution in [0, 0.1) is 0 Å². The normalized spacial score (nSPS) is 38.4. The third-order valence-corrected chi connectivity index (χ3v) is 3.46. The Morgan fingerprint density at radius 3 is 2.93 bits per heavy atom. The van der Waals surface area contributed by atoms with Crippen molar-refractivity contribution in [2.75, 3.05) is 32.8 Å². The van der Waals surface area contributed by atoms with Gasteiger partial charge in [-0.05, 0) is 19.4 Å². The highest BCUT2D eigenvalue weighted by Crippen LogP contribution is 2.20. The first-order chi connectivity index (χ1) is 7.31. The van der Waals surface area contributed by atoms with Crippen LogP contribution in [-0.4, -0.2) is 56.0 Å². The van der Waals surface area contributed by atoms with Gasteiger partial charge in [-0.15, -0.1) is 0 Å². The lowest BCUT2D eigenvalue weighted by atomic mass is 10.0. The zero-order valence-electron chi connectivity index (χ0n) is 9.42. The van der Waals surface area contributed by atoms with Gasteiger partial charge in [0.2, 0.25) is 0 Å². The monoisotopic (exact) mass is 216 g/mol. The maximum atomic E-state index is 13.8. The number of piperidine rings is 1. The predicted molar refractivity (Wildman–Crippen MR) is 57.8 cm³/mol. The van der Waals surface area contributed by atoms with Gasteiger partial charge < -0.3 is 10.1 Å². The Hall–Kier alpha value is -0.190. The van der Waals surface area contributed by atoms with E-state index in [9.17, 15) is 4.39 Å². The number of alkyl halides is 1. The van der Waals surface area contributed by atoms with Gasteiger partial charge in [-0.3, -0.25) is 4.90 Å². The van der Waals surface area contributed by atoms with Gasteiger partial charge in [0.1, 0.15) is 6.17 Å². The summed E-state index contributed by atoms with van der Waals surface area (Å²) >= 11 is 0. The van der Waals surface area contributed by atoms with Crippen LogP contribution in [0.15, 0.2) is 0 Å². The Labute approximate surface area is 91.0 Å². The number of ether oxygens (including phenoxy) is 1. The van der Waals surface area contributed by atoms with Crippen LogP contribution in [0.25, 0.3) is 0 Å². The van der Waals surface area contributed by atoms with Gasteiger partial charge in [-0.1, -0.05) is 6.92 Å². The summed E-state index contributed by atoms with van der Waals surface area (Å²) in [5.74, 6) is 0. The average molecular weight is 216 g/mol. The molecule has 0 bridgehead atoms. The minimum absolute atomic E-state index is 0.0635. The molecule has 0 aromatic heterocycles. The highest BCUT2D eigenvalue weighted by Gasteiger charge is 2.33. The molecule has 2 heterocycles. The number of halogens is 1. The molecule has 2 aliphatic heterocycles. The van der Waals surface area contributed by atoms with Gasteiger partial charge in [-0.2, -0.15) is 0 Å². The van der Waals surface area contributed by atoms with Crippen LogP contribution in [-0.2, 0) is 4.74 Å². The fourth-order valence-electron chi connectivity index (χ4n) is 2.56. The molecule has 4 heteroatoms. The highest BCUT2D eigenvalue weighted by atomic mass is 19.1. The summed E-state index contributed by atoms with van der Waals surface area (Å²) in [5.41, 5.74) is 0. The third-order valence-electron chi connectivity index (χ3n) is 3.46. The molecule has 88 valence electrons.